The molecule has 3 rings (SSSR count). The fourth-order valence-corrected chi connectivity index (χ4v) is 6.06. The number of piperidine rings is 1. The third-order valence-electron chi connectivity index (χ3n) is 6.50. The molecule has 4 N–H and O–H groups in total. The number of halogens is 1. The lowest BCUT2D eigenvalue weighted by Crippen LogP contribution is -2.61. The number of aryl methyl sites for hydroxylation is 2. The molecule has 1 aliphatic rings. The van der Waals surface area contributed by atoms with Crippen molar-refractivity contribution in [1.82, 2.24) is 29.5 Å². The van der Waals surface area contributed by atoms with E-state index in [1.165, 1.54) is 18.3 Å². The maximum Gasteiger partial charge on any atom is 0.329 e. The number of hydrogen-bond donors (Lipinski definition) is 4. The maximum absolute atomic E-state index is 13.5. The zero-order chi connectivity index (χ0) is 26.7. The smallest absolute Gasteiger partial charge is 0.329 e. The molecule has 0 bridgehead atoms. The normalized spacial score (nSPS) is 18.6. The van der Waals surface area contributed by atoms with Gasteiger partial charge in [0.1, 0.15) is 5.69 Å². The molecule has 1 unspecified atom stereocenters. The monoisotopic (exact) mass is 540 g/mol. The van der Waals surface area contributed by atoms with Gasteiger partial charge in [-0.05, 0) is 50.3 Å². The summed E-state index contributed by atoms with van der Waals surface area (Å²) in [5.41, 5.74) is 1.19. The first-order valence-corrected chi connectivity index (χ1v) is 13.5. The van der Waals surface area contributed by atoms with Gasteiger partial charge in [-0.15, -0.1) is 0 Å². The number of carbonyl (C=O) groups is 3. The number of rotatable bonds is 8. The summed E-state index contributed by atoms with van der Waals surface area (Å²) in [4.78, 5) is 36.5. The number of carbonyl (C=O) groups excluding carboxylic acids is 3. The zero-order valence-corrected chi connectivity index (χ0v) is 22.5. The topological polar surface area (TPSA) is 142 Å². The third kappa shape index (κ3) is 6.11. The van der Waals surface area contributed by atoms with Crippen LogP contribution in [0.1, 0.15) is 48.7 Å². The quantitative estimate of drug-likeness (QED) is 0.378. The van der Waals surface area contributed by atoms with Crippen LogP contribution in [0.3, 0.4) is 0 Å². The molecule has 198 valence electrons. The molecule has 1 atom stereocenters. The molecular weight excluding hydrogens is 508 g/mol. The minimum atomic E-state index is -4.12. The molecule has 0 aliphatic carbocycles. The predicted molar refractivity (Wildman–Crippen MR) is 138 cm³/mol. The highest BCUT2D eigenvalue weighted by Crippen LogP contribution is 2.31. The van der Waals surface area contributed by atoms with E-state index in [0.717, 1.165) is 16.5 Å². The van der Waals surface area contributed by atoms with E-state index in [1.807, 2.05) is 23.8 Å². The van der Waals surface area contributed by atoms with E-state index in [4.69, 9.17) is 11.6 Å². The lowest BCUT2D eigenvalue weighted by Gasteiger charge is -2.42. The van der Waals surface area contributed by atoms with Gasteiger partial charge < -0.3 is 20.5 Å². The third-order valence-corrected chi connectivity index (χ3v) is 8.44. The van der Waals surface area contributed by atoms with Crippen molar-refractivity contribution in [3.63, 3.8) is 0 Å². The summed E-state index contributed by atoms with van der Waals surface area (Å²) in [6, 6.07) is 4.67. The SMILES string of the molecule is CNC(=O)NS(=O)(=O)N1CCCC(CCCNC(C)=O)(NC(=O)c2cc3c(Cl)c(C)ccc3n2C)C1. The van der Waals surface area contributed by atoms with Gasteiger partial charge in [-0.25, -0.2) is 9.52 Å². The van der Waals surface area contributed by atoms with Crippen LogP contribution in [-0.4, -0.2) is 67.4 Å². The van der Waals surface area contributed by atoms with Crippen molar-refractivity contribution in [2.24, 2.45) is 7.05 Å². The van der Waals surface area contributed by atoms with Crippen LogP contribution in [0.25, 0.3) is 10.9 Å². The van der Waals surface area contributed by atoms with E-state index >= 15 is 0 Å². The van der Waals surface area contributed by atoms with Crippen molar-refractivity contribution in [3.8, 4) is 0 Å². The molecule has 4 amide bonds. The Hall–Kier alpha value is -2.83. The molecule has 1 aliphatic heterocycles. The second-order valence-corrected chi connectivity index (χ2v) is 11.2. The minimum absolute atomic E-state index is 0.0189. The Bertz CT molecular complexity index is 1280. The lowest BCUT2D eigenvalue weighted by molar-refractivity contribution is -0.119. The van der Waals surface area contributed by atoms with Crippen LogP contribution in [0.2, 0.25) is 5.02 Å². The number of hydrogen-bond acceptors (Lipinski definition) is 5. The summed E-state index contributed by atoms with van der Waals surface area (Å²) in [6.07, 6.45) is 1.97. The highest BCUT2D eigenvalue weighted by molar-refractivity contribution is 7.87. The number of amides is 4. The van der Waals surface area contributed by atoms with Gasteiger partial charge in [0.05, 0.1) is 10.6 Å². The van der Waals surface area contributed by atoms with Crippen molar-refractivity contribution in [3.05, 3.63) is 34.5 Å². The number of nitrogens with one attached hydrogen (secondary N) is 4. The van der Waals surface area contributed by atoms with Crippen molar-refractivity contribution < 1.29 is 22.8 Å². The van der Waals surface area contributed by atoms with Gasteiger partial charge in [0.25, 0.3) is 5.91 Å². The fourth-order valence-electron chi connectivity index (χ4n) is 4.59. The Labute approximate surface area is 216 Å². The van der Waals surface area contributed by atoms with Gasteiger partial charge >= 0.3 is 16.2 Å². The molecule has 1 aromatic carbocycles. The van der Waals surface area contributed by atoms with Crippen LogP contribution in [0, 0.1) is 6.92 Å². The van der Waals surface area contributed by atoms with Crippen LogP contribution in [0.15, 0.2) is 18.2 Å². The zero-order valence-electron chi connectivity index (χ0n) is 20.9. The molecule has 2 aromatic rings. The molecule has 1 fully saturated rings. The lowest BCUT2D eigenvalue weighted by atomic mass is 9.85. The van der Waals surface area contributed by atoms with Crippen molar-refractivity contribution in [2.45, 2.75) is 45.1 Å². The number of nitrogens with zero attached hydrogens (tertiary/aromatic N) is 2. The standard InChI is InChI=1S/C23H33ClN6O5S/c1-15-7-8-18-17(20(15)24)13-19(29(18)4)21(32)27-23(9-5-11-26-16(2)31)10-6-12-30(14-23)36(34,35)28-22(33)25-3/h7-8,13H,5-6,9-12,14H2,1-4H3,(H,26,31)(H,27,32)(H2,25,28,33). The number of benzene rings is 1. The molecule has 13 heteroatoms. The van der Waals surface area contributed by atoms with E-state index in [0.29, 0.717) is 42.9 Å². The fraction of sp³-hybridized carbons (Fsp3) is 0.522. The van der Waals surface area contributed by atoms with E-state index in [1.54, 1.807) is 17.7 Å². The van der Waals surface area contributed by atoms with Gasteiger partial charge in [-0.1, -0.05) is 17.7 Å². The summed E-state index contributed by atoms with van der Waals surface area (Å²) in [5, 5.41) is 9.39. The van der Waals surface area contributed by atoms with E-state index in [-0.39, 0.29) is 24.9 Å². The van der Waals surface area contributed by atoms with E-state index in [2.05, 4.69) is 16.0 Å². The molecule has 36 heavy (non-hydrogen) atoms. The average Bonchev–Trinajstić information content (AvgIpc) is 3.16. The Morgan fingerprint density at radius 2 is 1.94 bits per heavy atom. The molecule has 0 saturated carbocycles. The Kier molecular flexibility index (Phi) is 8.52. The van der Waals surface area contributed by atoms with Gasteiger partial charge in [0, 0.05) is 51.6 Å². The van der Waals surface area contributed by atoms with E-state index < -0.39 is 21.8 Å². The van der Waals surface area contributed by atoms with Crippen LogP contribution < -0.4 is 20.7 Å². The van der Waals surface area contributed by atoms with Gasteiger partial charge in [-0.2, -0.15) is 12.7 Å². The largest absolute Gasteiger partial charge is 0.356 e. The van der Waals surface area contributed by atoms with E-state index in [9.17, 15) is 22.8 Å². The van der Waals surface area contributed by atoms with Crippen LogP contribution in [0.4, 0.5) is 4.79 Å². The molecular formula is C23H33ClN6O5S. The highest BCUT2D eigenvalue weighted by atomic mass is 35.5. The number of aromatic nitrogens is 1. The van der Waals surface area contributed by atoms with Crippen molar-refractivity contribution in [2.75, 3.05) is 26.7 Å². The summed E-state index contributed by atoms with van der Waals surface area (Å²) in [5.74, 6) is -0.529. The second kappa shape index (κ2) is 11.1. The number of fused-ring (bicyclic) bond motifs is 1. The van der Waals surface area contributed by atoms with Gasteiger partial charge in [0.2, 0.25) is 5.91 Å². The predicted octanol–water partition coefficient (Wildman–Crippen LogP) is 1.79. The molecule has 11 nitrogen and oxygen atoms in total. The minimum Gasteiger partial charge on any atom is -0.356 e. The summed E-state index contributed by atoms with van der Waals surface area (Å²) >= 11 is 6.48. The first kappa shape index (κ1) is 27.8. The second-order valence-electron chi connectivity index (χ2n) is 9.16. The Balaban J connectivity index is 1.90. The highest BCUT2D eigenvalue weighted by Gasteiger charge is 2.41. The Morgan fingerprint density at radius 1 is 1.22 bits per heavy atom. The summed E-state index contributed by atoms with van der Waals surface area (Å²) < 4.78 is 30.6. The van der Waals surface area contributed by atoms with Crippen LogP contribution in [-0.2, 0) is 22.1 Å². The summed E-state index contributed by atoms with van der Waals surface area (Å²) in [6.45, 7) is 3.89. The molecule has 0 spiro atoms. The average molecular weight is 541 g/mol. The summed E-state index contributed by atoms with van der Waals surface area (Å²) in [7, 11) is -1.02. The van der Waals surface area contributed by atoms with Gasteiger partial charge in [0.15, 0.2) is 0 Å². The van der Waals surface area contributed by atoms with Crippen LogP contribution in [0.5, 0.6) is 0 Å². The molecule has 2 heterocycles. The Morgan fingerprint density at radius 3 is 2.61 bits per heavy atom. The van der Waals surface area contributed by atoms with Crippen LogP contribution >= 0.6 is 11.6 Å². The van der Waals surface area contributed by atoms with Crippen molar-refractivity contribution in [1.29, 1.82) is 0 Å². The van der Waals surface area contributed by atoms with Crippen molar-refractivity contribution >= 4 is 50.6 Å². The number of urea groups is 1. The first-order chi connectivity index (χ1) is 16.9. The van der Waals surface area contributed by atoms with Gasteiger partial charge in [-0.3, -0.25) is 9.59 Å². The molecule has 1 saturated heterocycles. The maximum atomic E-state index is 13.5. The molecule has 0 radical (unpaired) electrons. The molecule has 1 aromatic heterocycles. The first-order valence-electron chi connectivity index (χ1n) is 11.7.